The number of likely N-dealkylation sites (tertiary alicyclic amines) is 1. The number of nitrogens with one attached hydrogen (secondary N) is 3. The van der Waals surface area contributed by atoms with Crippen molar-refractivity contribution in [3.8, 4) is 0 Å². The van der Waals surface area contributed by atoms with E-state index in [9.17, 15) is 44.1 Å². The van der Waals surface area contributed by atoms with Gasteiger partial charge >= 0.3 is 17.9 Å². The first-order valence-electron chi connectivity index (χ1n) is 12.1. The van der Waals surface area contributed by atoms with Gasteiger partial charge < -0.3 is 42.1 Å². The molecule has 0 aromatic carbocycles. The Bertz CT molecular complexity index is 824. The summed E-state index contributed by atoms with van der Waals surface area (Å²) < 4.78 is 0. The first-order chi connectivity index (χ1) is 17.5. The van der Waals surface area contributed by atoms with Crippen molar-refractivity contribution in [1.29, 1.82) is 0 Å². The van der Waals surface area contributed by atoms with E-state index in [4.69, 9.17) is 10.8 Å². The largest absolute Gasteiger partial charge is 0.481 e. The maximum Gasteiger partial charge on any atom is 0.320 e. The van der Waals surface area contributed by atoms with Gasteiger partial charge in [-0.05, 0) is 38.8 Å². The third-order valence-corrected chi connectivity index (χ3v) is 5.87. The van der Waals surface area contributed by atoms with Crippen LogP contribution in [0.5, 0.6) is 0 Å². The molecule has 0 unspecified atom stereocenters. The van der Waals surface area contributed by atoms with Gasteiger partial charge in [0.05, 0.1) is 19.4 Å². The highest BCUT2D eigenvalue weighted by atomic mass is 16.4. The van der Waals surface area contributed by atoms with Gasteiger partial charge in [0.15, 0.2) is 0 Å². The Hall–Kier alpha value is -3.30. The maximum absolute atomic E-state index is 13.0. The Morgan fingerprint density at radius 3 is 2.14 bits per heavy atom. The number of carbonyl (C=O) groups is 6. The first-order valence-corrected chi connectivity index (χ1v) is 12.1. The fourth-order valence-corrected chi connectivity index (χ4v) is 3.99. The van der Waals surface area contributed by atoms with Crippen LogP contribution in [-0.4, -0.2) is 111 Å². The molecule has 3 amide bonds. The van der Waals surface area contributed by atoms with E-state index >= 15 is 0 Å². The van der Waals surface area contributed by atoms with Crippen molar-refractivity contribution in [2.24, 2.45) is 5.73 Å². The number of carboxylic acids is 3. The molecule has 0 aliphatic carbocycles. The third-order valence-electron chi connectivity index (χ3n) is 5.87. The molecule has 0 saturated carbocycles. The second kappa shape index (κ2) is 16.4. The van der Waals surface area contributed by atoms with Gasteiger partial charge in [-0.25, -0.2) is 0 Å². The number of rotatable bonds is 18. The highest BCUT2D eigenvalue weighted by Crippen LogP contribution is 2.18. The highest BCUT2D eigenvalue weighted by molar-refractivity contribution is 5.94. The van der Waals surface area contributed by atoms with Gasteiger partial charge in [0.1, 0.15) is 18.1 Å². The van der Waals surface area contributed by atoms with Crippen LogP contribution in [0.1, 0.15) is 51.4 Å². The van der Waals surface area contributed by atoms with E-state index in [1.807, 2.05) is 0 Å². The van der Waals surface area contributed by atoms with Crippen molar-refractivity contribution >= 4 is 35.6 Å². The molecule has 0 radical (unpaired) electrons. The lowest BCUT2D eigenvalue weighted by Crippen LogP contribution is -2.57. The zero-order valence-electron chi connectivity index (χ0n) is 20.6. The zero-order valence-corrected chi connectivity index (χ0v) is 20.6. The Kier molecular flexibility index (Phi) is 14.1. The molecule has 1 aliphatic heterocycles. The van der Waals surface area contributed by atoms with E-state index in [0.717, 1.165) is 0 Å². The maximum atomic E-state index is 13.0. The van der Waals surface area contributed by atoms with Gasteiger partial charge in [0.2, 0.25) is 17.7 Å². The van der Waals surface area contributed by atoms with Gasteiger partial charge in [0.25, 0.3) is 0 Å². The fraction of sp³-hybridized carbons (Fsp3) is 0.727. The minimum absolute atomic E-state index is 0.208. The van der Waals surface area contributed by atoms with E-state index in [1.54, 1.807) is 4.90 Å². The highest BCUT2D eigenvalue weighted by Gasteiger charge is 2.34. The molecular weight excluding hydrogens is 494 g/mol. The smallest absolute Gasteiger partial charge is 0.320 e. The van der Waals surface area contributed by atoms with E-state index in [0.29, 0.717) is 45.2 Å². The molecule has 4 atom stereocenters. The molecule has 37 heavy (non-hydrogen) atoms. The predicted octanol–water partition coefficient (Wildman–Crippen LogP) is -2.55. The minimum Gasteiger partial charge on any atom is -0.481 e. The molecule has 0 bridgehead atoms. The van der Waals surface area contributed by atoms with Crippen molar-refractivity contribution in [3.63, 3.8) is 0 Å². The number of hydrogen-bond acceptors (Lipinski definition) is 9. The Morgan fingerprint density at radius 2 is 1.57 bits per heavy atom. The first kappa shape index (κ1) is 31.7. The Morgan fingerprint density at radius 1 is 0.892 bits per heavy atom. The minimum atomic E-state index is -1.55. The monoisotopic (exact) mass is 531 g/mol. The molecule has 9 N–H and O–H groups in total. The molecular formula is C22H37N5O10. The van der Waals surface area contributed by atoms with E-state index in [-0.39, 0.29) is 6.54 Å². The van der Waals surface area contributed by atoms with Crippen LogP contribution in [0.3, 0.4) is 0 Å². The SMILES string of the molecule is NCCCC[C@@H](CN1CCC[C@H]1C(=O)O)NC(=O)[C@H](CC(=O)O)NC(=O)[C@H](CO)NC(=O)CCC(=O)O. The number of nitrogens with two attached hydrogens (primary N) is 1. The Labute approximate surface area is 213 Å². The lowest BCUT2D eigenvalue weighted by Gasteiger charge is -2.29. The number of aliphatic hydroxyl groups is 1. The summed E-state index contributed by atoms with van der Waals surface area (Å²) in [5, 5.41) is 43.9. The number of carbonyl (C=O) groups excluding carboxylic acids is 3. The molecule has 1 saturated heterocycles. The number of nitrogens with zero attached hydrogens (tertiary/aromatic N) is 1. The number of aliphatic carboxylic acids is 3. The van der Waals surface area contributed by atoms with Crippen molar-refractivity contribution in [1.82, 2.24) is 20.9 Å². The van der Waals surface area contributed by atoms with Crippen LogP contribution in [0, 0.1) is 0 Å². The summed E-state index contributed by atoms with van der Waals surface area (Å²) in [7, 11) is 0. The van der Waals surface area contributed by atoms with Crippen molar-refractivity contribution in [2.45, 2.75) is 75.5 Å². The molecule has 210 valence electrons. The second-order valence-electron chi connectivity index (χ2n) is 8.84. The second-order valence-corrected chi connectivity index (χ2v) is 8.84. The fourth-order valence-electron chi connectivity index (χ4n) is 3.99. The zero-order chi connectivity index (χ0) is 28.0. The standard InChI is InChI=1S/C22H37N5O10/c23-8-2-1-4-13(11-27-9-3-5-16(27)22(36)37)24-20(34)14(10-19(32)33)26-21(35)15(12-28)25-17(29)6-7-18(30)31/h13-16,28H,1-12,23H2,(H,24,34)(H,25,29)(H,26,35)(H,30,31)(H,32,33)(H,36,37)/t13-,14-,15-,16-/m0/s1. The van der Waals surface area contributed by atoms with Crippen LogP contribution in [0.2, 0.25) is 0 Å². The summed E-state index contributed by atoms with van der Waals surface area (Å²) in [5.41, 5.74) is 5.54. The van der Waals surface area contributed by atoms with Crippen LogP contribution in [-0.2, 0) is 28.8 Å². The van der Waals surface area contributed by atoms with Crippen molar-refractivity contribution < 1.29 is 49.2 Å². The predicted molar refractivity (Wildman–Crippen MR) is 127 cm³/mol. The number of carboxylic acid groups (broad SMARTS) is 3. The van der Waals surface area contributed by atoms with Crippen LogP contribution in [0.4, 0.5) is 0 Å². The molecule has 0 spiro atoms. The lowest BCUT2D eigenvalue weighted by atomic mass is 10.1. The molecule has 1 rings (SSSR count). The van der Waals surface area contributed by atoms with E-state index in [2.05, 4.69) is 16.0 Å². The van der Waals surface area contributed by atoms with Gasteiger partial charge in [-0.15, -0.1) is 0 Å². The number of hydrogen-bond donors (Lipinski definition) is 8. The number of amides is 3. The average Bonchev–Trinajstić information content (AvgIpc) is 3.28. The van der Waals surface area contributed by atoms with Gasteiger partial charge in [0, 0.05) is 19.0 Å². The van der Waals surface area contributed by atoms with Gasteiger partial charge in [-0.2, -0.15) is 0 Å². The summed E-state index contributed by atoms with van der Waals surface area (Å²) in [4.78, 5) is 72.6. The number of unbranched alkanes of at least 4 members (excludes halogenated alkanes) is 1. The topological polar surface area (TPSA) is 249 Å². The van der Waals surface area contributed by atoms with Gasteiger partial charge in [-0.3, -0.25) is 33.7 Å². The summed E-state index contributed by atoms with van der Waals surface area (Å²) >= 11 is 0. The normalized spacial score (nSPS) is 17.8. The van der Waals surface area contributed by atoms with E-state index in [1.165, 1.54) is 0 Å². The molecule has 1 heterocycles. The van der Waals surface area contributed by atoms with Crippen molar-refractivity contribution in [2.75, 3.05) is 26.2 Å². The number of aliphatic hydroxyl groups excluding tert-OH is 1. The molecule has 15 heteroatoms. The molecule has 1 aliphatic rings. The third kappa shape index (κ3) is 12.0. The van der Waals surface area contributed by atoms with Gasteiger partial charge in [-0.1, -0.05) is 6.42 Å². The summed E-state index contributed by atoms with van der Waals surface area (Å²) in [6, 6.07) is -4.33. The average molecular weight is 532 g/mol. The van der Waals surface area contributed by atoms with Crippen LogP contribution >= 0.6 is 0 Å². The van der Waals surface area contributed by atoms with Crippen LogP contribution in [0.15, 0.2) is 0 Å². The summed E-state index contributed by atoms with van der Waals surface area (Å²) in [5.74, 6) is -6.28. The molecule has 0 aromatic rings. The molecule has 1 fully saturated rings. The summed E-state index contributed by atoms with van der Waals surface area (Å²) in [6.45, 7) is 0.273. The summed E-state index contributed by atoms with van der Waals surface area (Å²) in [6.07, 6.45) is 1.13. The van der Waals surface area contributed by atoms with Crippen LogP contribution in [0.25, 0.3) is 0 Å². The molecule has 15 nitrogen and oxygen atoms in total. The quantitative estimate of drug-likeness (QED) is 0.0851. The van der Waals surface area contributed by atoms with Crippen molar-refractivity contribution in [3.05, 3.63) is 0 Å². The lowest BCUT2D eigenvalue weighted by molar-refractivity contribution is -0.143. The Balaban J connectivity index is 2.90. The van der Waals surface area contributed by atoms with E-state index < -0.39 is 85.7 Å². The van der Waals surface area contributed by atoms with Crippen LogP contribution < -0.4 is 21.7 Å². The molecule has 0 aromatic heterocycles.